The first-order valence-corrected chi connectivity index (χ1v) is 10.2. The molecule has 0 saturated carbocycles. The first kappa shape index (κ1) is 20.6. The van der Waals surface area contributed by atoms with Crippen LogP contribution in [0.2, 0.25) is 5.02 Å². The molecule has 1 N–H and O–H groups in total. The maximum atomic E-state index is 12.3. The Bertz CT molecular complexity index is 867. The van der Waals surface area contributed by atoms with E-state index in [-0.39, 0.29) is 24.0 Å². The summed E-state index contributed by atoms with van der Waals surface area (Å²) in [6.07, 6.45) is 0.0764. The Morgan fingerprint density at radius 3 is 2.75 bits per heavy atom. The van der Waals surface area contributed by atoms with Gasteiger partial charge in [-0.2, -0.15) is 0 Å². The van der Waals surface area contributed by atoms with E-state index in [4.69, 9.17) is 16.3 Å². The second-order valence-electron chi connectivity index (χ2n) is 6.43. The number of benzene rings is 1. The van der Waals surface area contributed by atoms with Gasteiger partial charge in [0.05, 0.1) is 25.4 Å². The number of nitrogens with zero attached hydrogens (tertiary/aromatic N) is 4. The number of aryl methyl sites for hydroxylation is 1. The van der Waals surface area contributed by atoms with E-state index in [1.54, 1.807) is 28.6 Å². The van der Waals surface area contributed by atoms with Gasteiger partial charge in [-0.25, -0.2) is 0 Å². The summed E-state index contributed by atoms with van der Waals surface area (Å²) in [5.74, 6) is 0.639. The third-order valence-corrected chi connectivity index (χ3v) is 5.80. The van der Waals surface area contributed by atoms with Gasteiger partial charge in [-0.05, 0) is 24.6 Å². The fourth-order valence-electron chi connectivity index (χ4n) is 2.67. The summed E-state index contributed by atoms with van der Waals surface area (Å²) in [6, 6.07) is 5.36. The molecular formula is C18H22ClN5O3S. The van der Waals surface area contributed by atoms with Crippen LogP contribution in [0.25, 0.3) is 0 Å². The van der Waals surface area contributed by atoms with Gasteiger partial charge in [-0.3, -0.25) is 9.59 Å². The third kappa shape index (κ3) is 5.24. The van der Waals surface area contributed by atoms with Crippen molar-refractivity contribution in [1.29, 1.82) is 0 Å². The minimum absolute atomic E-state index is 0.0480. The quantitative estimate of drug-likeness (QED) is 0.714. The highest BCUT2D eigenvalue weighted by molar-refractivity contribution is 7.99. The highest BCUT2D eigenvalue weighted by atomic mass is 35.5. The molecule has 1 aromatic carbocycles. The number of carbonyl (C=O) groups is 2. The molecule has 0 spiro atoms. The summed E-state index contributed by atoms with van der Waals surface area (Å²) in [5.41, 5.74) is 1.58. The van der Waals surface area contributed by atoms with Gasteiger partial charge in [0.1, 0.15) is 5.82 Å². The smallest absolute Gasteiger partial charge is 0.233 e. The SMILES string of the molecule is Cc1ccc(NC(=O)Cc2nnc(SCC(=O)N3CCOCC3)n2C)cc1Cl. The second-order valence-corrected chi connectivity index (χ2v) is 7.78. The van der Waals surface area contributed by atoms with Gasteiger partial charge < -0.3 is 19.5 Å². The lowest BCUT2D eigenvalue weighted by molar-refractivity contribution is -0.132. The van der Waals surface area contributed by atoms with Crippen molar-refractivity contribution >= 4 is 40.9 Å². The number of carbonyl (C=O) groups excluding carboxylic acids is 2. The molecule has 0 atom stereocenters. The Labute approximate surface area is 172 Å². The fraction of sp³-hybridized carbons (Fsp3) is 0.444. The number of hydrogen-bond donors (Lipinski definition) is 1. The highest BCUT2D eigenvalue weighted by Crippen LogP contribution is 2.20. The summed E-state index contributed by atoms with van der Waals surface area (Å²) in [7, 11) is 1.78. The summed E-state index contributed by atoms with van der Waals surface area (Å²) in [5, 5.41) is 12.2. The van der Waals surface area contributed by atoms with Gasteiger partial charge in [0.25, 0.3) is 0 Å². The van der Waals surface area contributed by atoms with E-state index in [0.29, 0.717) is 48.0 Å². The van der Waals surface area contributed by atoms with Gasteiger partial charge in [0, 0.05) is 30.8 Å². The largest absolute Gasteiger partial charge is 0.378 e. The van der Waals surface area contributed by atoms with Crippen LogP contribution >= 0.6 is 23.4 Å². The van der Waals surface area contributed by atoms with Crippen LogP contribution in [0.15, 0.2) is 23.4 Å². The topological polar surface area (TPSA) is 89.3 Å². The van der Waals surface area contributed by atoms with Gasteiger partial charge in [-0.1, -0.05) is 29.4 Å². The standard InChI is InChI=1S/C18H22ClN5O3S/c1-12-3-4-13(9-14(12)19)20-16(25)10-15-21-22-18(23(15)2)28-11-17(26)24-5-7-27-8-6-24/h3-4,9H,5-8,10-11H2,1-2H3,(H,20,25). The number of anilines is 1. The molecule has 10 heteroatoms. The van der Waals surface area contributed by atoms with Gasteiger partial charge >= 0.3 is 0 Å². The molecule has 150 valence electrons. The number of hydrogen-bond acceptors (Lipinski definition) is 6. The summed E-state index contributed by atoms with van der Waals surface area (Å²) in [4.78, 5) is 26.3. The van der Waals surface area contributed by atoms with E-state index in [0.717, 1.165) is 5.56 Å². The number of aromatic nitrogens is 3. The number of morpholine rings is 1. The Morgan fingerprint density at radius 1 is 1.29 bits per heavy atom. The fourth-order valence-corrected chi connectivity index (χ4v) is 3.69. The monoisotopic (exact) mass is 423 g/mol. The van der Waals surface area contributed by atoms with Crippen molar-refractivity contribution in [1.82, 2.24) is 19.7 Å². The zero-order valence-corrected chi connectivity index (χ0v) is 17.3. The molecular weight excluding hydrogens is 402 g/mol. The van der Waals surface area contributed by atoms with E-state index in [9.17, 15) is 9.59 Å². The maximum Gasteiger partial charge on any atom is 0.233 e. The van der Waals surface area contributed by atoms with Gasteiger partial charge in [-0.15, -0.1) is 10.2 Å². The van der Waals surface area contributed by atoms with E-state index >= 15 is 0 Å². The zero-order chi connectivity index (χ0) is 20.1. The zero-order valence-electron chi connectivity index (χ0n) is 15.8. The van der Waals surface area contributed by atoms with Crippen LogP contribution in [0.3, 0.4) is 0 Å². The minimum Gasteiger partial charge on any atom is -0.378 e. The molecule has 2 amide bonds. The Balaban J connectivity index is 1.54. The Morgan fingerprint density at radius 2 is 2.04 bits per heavy atom. The molecule has 1 saturated heterocycles. The molecule has 2 aromatic rings. The van der Waals surface area contributed by atoms with Crippen LogP contribution in [-0.4, -0.2) is 63.5 Å². The van der Waals surface area contributed by atoms with Crippen LogP contribution in [-0.2, 0) is 27.8 Å². The number of nitrogens with one attached hydrogen (secondary N) is 1. The highest BCUT2D eigenvalue weighted by Gasteiger charge is 2.19. The summed E-state index contributed by atoms with van der Waals surface area (Å²) in [6.45, 7) is 4.29. The van der Waals surface area contributed by atoms with E-state index in [1.165, 1.54) is 11.8 Å². The Hall–Kier alpha value is -2.10. The number of thioether (sulfide) groups is 1. The van der Waals surface area contributed by atoms with Gasteiger partial charge in [0.15, 0.2) is 5.16 Å². The number of halogens is 1. The van der Waals surface area contributed by atoms with Crippen LogP contribution in [0, 0.1) is 6.92 Å². The molecule has 1 aromatic heterocycles. The third-order valence-electron chi connectivity index (χ3n) is 4.39. The molecule has 28 heavy (non-hydrogen) atoms. The van der Waals surface area contributed by atoms with Crippen LogP contribution in [0.1, 0.15) is 11.4 Å². The predicted molar refractivity (Wildman–Crippen MR) is 108 cm³/mol. The second kappa shape index (κ2) is 9.40. The molecule has 1 aliphatic heterocycles. The van der Waals surface area contributed by atoms with E-state index in [2.05, 4.69) is 15.5 Å². The molecule has 3 rings (SSSR count). The molecule has 0 bridgehead atoms. The first-order chi connectivity index (χ1) is 13.4. The molecule has 0 unspecified atom stereocenters. The van der Waals surface area contributed by atoms with Crippen LogP contribution < -0.4 is 5.32 Å². The average Bonchev–Trinajstić information content (AvgIpc) is 3.03. The van der Waals surface area contributed by atoms with Crippen molar-refractivity contribution in [3.63, 3.8) is 0 Å². The first-order valence-electron chi connectivity index (χ1n) is 8.86. The van der Waals surface area contributed by atoms with Crippen molar-refractivity contribution in [2.24, 2.45) is 7.05 Å². The molecule has 1 aliphatic rings. The van der Waals surface area contributed by atoms with Crippen molar-refractivity contribution in [3.05, 3.63) is 34.6 Å². The number of rotatable bonds is 6. The summed E-state index contributed by atoms with van der Waals surface area (Å²) < 4.78 is 6.99. The number of amides is 2. The minimum atomic E-state index is -0.212. The van der Waals surface area contributed by atoms with E-state index in [1.807, 2.05) is 13.0 Å². The lowest BCUT2D eigenvalue weighted by atomic mass is 10.2. The Kier molecular flexibility index (Phi) is 6.93. The van der Waals surface area contributed by atoms with Gasteiger partial charge in [0.2, 0.25) is 11.8 Å². The molecule has 0 radical (unpaired) electrons. The molecule has 0 aliphatic carbocycles. The van der Waals surface area contributed by atoms with Crippen LogP contribution in [0.5, 0.6) is 0 Å². The predicted octanol–water partition coefficient (Wildman–Crippen LogP) is 1.91. The van der Waals surface area contributed by atoms with Crippen LogP contribution in [0.4, 0.5) is 5.69 Å². The molecule has 1 fully saturated rings. The lowest BCUT2D eigenvalue weighted by Crippen LogP contribution is -2.41. The average molecular weight is 424 g/mol. The van der Waals surface area contributed by atoms with Crippen molar-refractivity contribution in [2.45, 2.75) is 18.5 Å². The lowest BCUT2D eigenvalue weighted by Gasteiger charge is -2.26. The van der Waals surface area contributed by atoms with E-state index < -0.39 is 0 Å². The van der Waals surface area contributed by atoms with Crippen molar-refractivity contribution < 1.29 is 14.3 Å². The molecule has 8 nitrogen and oxygen atoms in total. The van der Waals surface area contributed by atoms with Crippen molar-refractivity contribution in [3.8, 4) is 0 Å². The molecule has 2 heterocycles. The maximum absolute atomic E-state index is 12.3. The van der Waals surface area contributed by atoms with Crippen molar-refractivity contribution in [2.75, 3.05) is 37.4 Å². The summed E-state index contributed by atoms with van der Waals surface area (Å²) >= 11 is 7.40. The normalized spacial score (nSPS) is 14.2. The number of ether oxygens (including phenoxy) is 1.